The third-order valence-corrected chi connectivity index (χ3v) is 7.96. The first-order valence-corrected chi connectivity index (χ1v) is 12.2. The molecule has 2 aliphatic carbocycles. The van der Waals surface area contributed by atoms with Crippen LogP contribution in [0.1, 0.15) is 24.3 Å². The molecule has 0 aromatic heterocycles. The van der Waals surface area contributed by atoms with Crippen molar-refractivity contribution >= 4 is 35.8 Å². The number of nitrogens with zero attached hydrogens (tertiary/aromatic N) is 2. The lowest BCUT2D eigenvalue weighted by molar-refractivity contribution is -0.139. The summed E-state index contributed by atoms with van der Waals surface area (Å²) in [6, 6.07) is 6.78. The fourth-order valence-corrected chi connectivity index (χ4v) is 6.44. The van der Waals surface area contributed by atoms with Crippen LogP contribution >= 0.6 is 0 Å². The molecule has 0 spiro atoms. The molecular formula is C26H26N2O10. The molecule has 38 heavy (non-hydrogen) atoms. The number of aliphatic hydroxyl groups excluding tert-OH is 1. The molecule has 6 atom stereocenters. The highest BCUT2D eigenvalue weighted by atomic mass is 16.5. The maximum Gasteiger partial charge on any atom is 0.423 e. The Balaban J connectivity index is 1.59. The number of hydrogen-bond acceptors (Lipinski definition) is 10. The number of carbonyl (C=O) groups excluding carboxylic acids is 6. The van der Waals surface area contributed by atoms with Crippen molar-refractivity contribution in [2.75, 3.05) is 27.4 Å². The Morgan fingerprint density at radius 2 is 1.42 bits per heavy atom. The van der Waals surface area contributed by atoms with E-state index in [1.54, 1.807) is 24.3 Å². The van der Waals surface area contributed by atoms with Gasteiger partial charge in [0.1, 0.15) is 12.4 Å². The molecule has 1 aromatic rings. The number of hydrogen-bond donors (Lipinski definition) is 1. The molecule has 0 radical (unpaired) electrons. The van der Waals surface area contributed by atoms with Crippen molar-refractivity contribution in [1.29, 1.82) is 0 Å². The summed E-state index contributed by atoms with van der Waals surface area (Å²) in [5.41, 5.74) is 1.36. The van der Waals surface area contributed by atoms with Crippen LogP contribution in [0.4, 0.5) is 9.59 Å². The van der Waals surface area contributed by atoms with Crippen molar-refractivity contribution in [3.05, 3.63) is 41.5 Å². The third-order valence-electron chi connectivity index (χ3n) is 7.96. The lowest BCUT2D eigenvalue weighted by Crippen LogP contribution is -2.43. The maximum absolute atomic E-state index is 13.5. The van der Waals surface area contributed by atoms with Gasteiger partial charge in [-0.2, -0.15) is 9.80 Å². The molecule has 1 aromatic carbocycles. The minimum atomic E-state index is -1.08. The first kappa shape index (κ1) is 25.6. The third kappa shape index (κ3) is 3.70. The second-order valence-corrected chi connectivity index (χ2v) is 9.63. The molecule has 1 N–H and O–H groups in total. The average Bonchev–Trinajstić information content (AvgIpc) is 3.34. The minimum absolute atomic E-state index is 0.0535. The molecule has 6 amide bonds. The molecule has 12 heteroatoms. The number of fused-ring (bicyclic) bond motifs is 4. The monoisotopic (exact) mass is 526 g/mol. The van der Waals surface area contributed by atoms with Crippen LogP contribution in [0.3, 0.4) is 0 Å². The lowest BCUT2D eigenvalue weighted by atomic mass is 9.57. The van der Waals surface area contributed by atoms with Gasteiger partial charge in [-0.25, -0.2) is 9.59 Å². The van der Waals surface area contributed by atoms with E-state index in [1.807, 2.05) is 6.08 Å². The van der Waals surface area contributed by atoms with E-state index < -0.39 is 71.3 Å². The lowest BCUT2D eigenvalue weighted by Gasteiger charge is -2.44. The molecule has 2 heterocycles. The van der Waals surface area contributed by atoms with E-state index in [2.05, 4.69) is 9.47 Å². The van der Waals surface area contributed by atoms with E-state index in [4.69, 9.17) is 9.84 Å². The van der Waals surface area contributed by atoms with E-state index in [0.717, 1.165) is 14.2 Å². The van der Waals surface area contributed by atoms with Crippen LogP contribution in [0.2, 0.25) is 0 Å². The zero-order valence-electron chi connectivity index (χ0n) is 20.7. The molecule has 12 nitrogen and oxygen atoms in total. The second kappa shape index (κ2) is 9.67. The van der Waals surface area contributed by atoms with Gasteiger partial charge in [-0.05, 0) is 36.5 Å². The van der Waals surface area contributed by atoms with E-state index in [0.29, 0.717) is 26.7 Å². The van der Waals surface area contributed by atoms with Crippen molar-refractivity contribution in [3.8, 4) is 5.75 Å². The summed E-state index contributed by atoms with van der Waals surface area (Å²) in [7, 11) is 2.15. The molecule has 1 saturated carbocycles. The number of imide groups is 6. The largest absolute Gasteiger partial charge is 0.491 e. The van der Waals surface area contributed by atoms with Gasteiger partial charge in [0.2, 0.25) is 23.6 Å². The molecule has 2 saturated heterocycles. The number of methoxy groups -OCH3 is 2. The molecule has 3 fully saturated rings. The van der Waals surface area contributed by atoms with Crippen molar-refractivity contribution in [3.63, 3.8) is 0 Å². The number of aliphatic hydroxyl groups is 1. The Bertz CT molecular complexity index is 1250. The fourth-order valence-electron chi connectivity index (χ4n) is 6.44. The Morgan fingerprint density at radius 1 is 0.842 bits per heavy atom. The van der Waals surface area contributed by atoms with Gasteiger partial charge in [0, 0.05) is 5.92 Å². The Kier molecular flexibility index (Phi) is 6.51. The number of ether oxygens (including phenoxy) is 3. The van der Waals surface area contributed by atoms with Crippen LogP contribution in [0.5, 0.6) is 5.75 Å². The standard InChI is InChI=1S/C26H26N2O10/c1-36-25(34)27-21(30)15-8-7-14-16(19(15)23(27)32)11-17-20(24(33)28(22(17)31)26(35)37-2)18(14)12-3-5-13(6-4-12)38-10-9-29/h3-7,15-20,29H,8-11H2,1-2H3/t15-,16+,17+,18-,19-,20+/m0/s1. The van der Waals surface area contributed by atoms with Gasteiger partial charge in [-0.15, -0.1) is 0 Å². The second-order valence-electron chi connectivity index (χ2n) is 9.63. The molecule has 2 aliphatic heterocycles. The zero-order valence-corrected chi connectivity index (χ0v) is 20.7. The molecule has 0 bridgehead atoms. The predicted molar refractivity (Wildman–Crippen MR) is 125 cm³/mol. The summed E-state index contributed by atoms with van der Waals surface area (Å²) in [6.07, 6.45) is -0.114. The molecular weight excluding hydrogens is 500 g/mol. The van der Waals surface area contributed by atoms with Crippen LogP contribution < -0.4 is 4.74 Å². The van der Waals surface area contributed by atoms with Crippen molar-refractivity contribution in [2.24, 2.45) is 29.6 Å². The number of rotatable bonds is 4. The highest BCUT2D eigenvalue weighted by molar-refractivity contribution is 6.17. The van der Waals surface area contributed by atoms with Gasteiger partial charge >= 0.3 is 12.2 Å². The van der Waals surface area contributed by atoms with Gasteiger partial charge in [-0.1, -0.05) is 23.8 Å². The van der Waals surface area contributed by atoms with Crippen LogP contribution in [0.15, 0.2) is 35.9 Å². The Morgan fingerprint density at radius 3 is 2.00 bits per heavy atom. The summed E-state index contributed by atoms with van der Waals surface area (Å²) in [5.74, 6) is -7.14. The topological polar surface area (TPSA) is 157 Å². The first-order valence-electron chi connectivity index (χ1n) is 12.2. The predicted octanol–water partition coefficient (Wildman–Crippen LogP) is 1.23. The van der Waals surface area contributed by atoms with Gasteiger partial charge in [0.15, 0.2) is 0 Å². The van der Waals surface area contributed by atoms with E-state index in [-0.39, 0.29) is 26.1 Å². The quantitative estimate of drug-likeness (QED) is 0.447. The smallest absolute Gasteiger partial charge is 0.423 e. The highest BCUT2D eigenvalue weighted by Gasteiger charge is 2.63. The van der Waals surface area contributed by atoms with Crippen molar-refractivity contribution in [1.82, 2.24) is 9.80 Å². The van der Waals surface area contributed by atoms with Gasteiger partial charge in [-0.3, -0.25) is 19.2 Å². The van der Waals surface area contributed by atoms with Crippen molar-refractivity contribution in [2.45, 2.75) is 18.8 Å². The molecule has 0 unspecified atom stereocenters. The number of amides is 6. The summed E-state index contributed by atoms with van der Waals surface area (Å²) in [4.78, 5) is 78.8. The van der Waals surface area contributed by atoms with E-state index in [1.165, 1.54) is 0 Å². The molecule has 200 valence electrons. The van der Waals surface area contributed by atoms with Crippen LogP contribution in [-0.2, 0) is 28.7 Å². The molecule has 4 aliphatic rings. The summed E-state index contributed by atoms with van der Waals surface area (Å²) in [6.45, 7) is -0.0712. The summed E-state index contributed by atoms with van der Waals surface area (Å²) >= 11 is 0. The number of benzene rings is 1. The van der Waals surface area contributed by atoms with E-state index >= 15 is 0 Å². The van der Waals surface area contributed by atoms with E-state index in [9.17, 15) is 28.8 Å². The molecule has 5 rings (SSSR count). The van der Waals surface area contributed by atoms with Crippen molar-refractivity contribution < 1.29 is 48.1 Å². The highest BCUT2D eigenvalue weighted by Crippen LogP contribution is 2.58. The fraction of sp³-hybridized carbons (Fsp3) is 0.462. The van der Waals surface area contributed by atoms with Gasteiger partial charge in [0.05, 0.1) is 44.5 Å². The minimum Gasteiger partial charge on any atom is -0.491 e. The number of allylic oxidation sites excluding steroid dienone is 2. The van der Waals surface area contributed by atoms with Gasteiger partial charge in [0.25, 0.3) is 0 Å². The Labute approximate surface area is 217 Å². The zero-order chi connectivity index (χ0) is 27.3. The summed E-state index contributed by atoms with van der Waals surface area (Å²) in [5, 5.41) is 9.02. The Hall–Kier alpha value is -4.06. The first-order chi connectivity index (χ1) is 18.2. The maximum atomic E-state index is 13.5. The van der Waals surface area contributed by atoms with Gasteiger partial charge < -0.3 is 19.3 Å². The van der Waals surface area contributed by atoms with Crippen LogP contribution in [0, 0.1) is 29.6 Å². The van der Waals surface area contributed by atoms with Crippen LogP contribution in [0.25, 0.3) is 0 Å². The summed E-state index contributed by atoms with van der Waals surface area (Å²) < 4.78 is 14.8. The number of carbonyl (C=O) groups is 6. The number of likely N-dealkylation sites (tertiary alicyclic amines) is 2. The average molecular weight is 526 g/mol. The SMILES string of the molecule is COC(=O)N1C(=O)[C@H]2[C@H](CC=C3[C@H]2C[C@H]2C(=O)N(C(=O)OC)C(=O)[C@H]2[C@H]3c2ccc(OCCO)cc2)C1=O. The van der Waals surface area contributed by atoms with Crippen LogP contribution in [-0.4, -0.2) is 78.2 Å². The normalized spacial score (nSPS) is 29.9.